The van der Waals surface area contributed by atoms with E-state index in [0.717, 1.165) is 31.4 Å². The van der Waals surface area contributed by atoms with Gasteiger partial charge in [0.2, 0.25) is 0 Å². The van der Waals surface area contributed by atoms with Crippen LogP contribution in [0, 0.1) is 0 Å². The quantitative estimate of drug-likeness (QED) is 0.676. The number of ether oxygens (including phenoxy) is 2. The summed E-state index contributed by atoms with van der Waals surface area (Å²) in [7, 11) is -0.749. The standard InChI is InChI=1S/C16H23O6P/c1-19-23(18,20-2)12-14(17)11-13-6-8-15(9-7-13)22-16-5-3-4-10-21-16/h6-9,16H,3-5,10-12H2,1-2H3. The Labute approximate surface area is 136 Å². The van der Waals surface area contributed by atoms with Crippen molar-refractivity contribution < 1.29 is 27.9 Å². The molecule has 2 rings (SSSR count). The van der Waals surface area contributed by atoms with Gasteiger partial charge in [-0.25, -0.2) is 0 Å². The van der Waals surface area contributed by atoms with E-state index in [9.17, 15) is 9.36 Å². The number of hydrogen-bond acceptors (Lipinski definition) is 6. The zero-order chi connectivity index (χ0) is 16.7. The van der Waals surface area contributed by atoms with Crippen LogP contribution in [0.5, 0.6) is 5.75 Å². The Morgan fingerprint density at radius 2 is 1.91 bits per heavy atom. The van der Waals surface area contributed by atoms with E-state index in [1.165, 1.54) is 14.2 Å². The van der Waals surface area contributed by atoms with E-state index in [-0.39, 0.29) is 24.7 Å². The molecule has 1 saturated heterocycles. The minimum atomic E-state index is -3.30. The summed E-state index contributed by atoms with van der Waals surface area (Å²) in [5.74, 6) is 0.522. The van der Waals surface area contributed by atoms with Gasteiger partial charge in [0, 0.05) is 27.1 Å². The van der Waals surface area contributed by atoms with Gasteiger partial charge in [0.05, 0.1) is 6.61 Å². The number of hydrogen-bond donors (Lipinski definition) is 0. The Morgan fingerprint density at radius 1 is 1.22 bits per heavy atom. The van der Waals surface area contributed by atoms with Gasteiger partial charge in [-0.05, 0) is 30.5 Å². The third kappa shape index (κ3) is 5.74. The highest BCUT2D eigenvalue weighted by molar-refractivity contribution is 7.54. The van der Waals surface area contributed by atoms with E-state index >= 15 is 0 Å². The fourth-order valence-corrected chi connectivity index (χ4v) is 3.30. The molecule has 7 heteroatoms. The van der Waals surface area contributed by atoms with Crippen LogP contribution in [0.25, 0.3) is 0 Å². The Balaban J connectivity index is 1.86. The Kier molecular flexibility index (Phi) is 6.78. The summed E-state index contributed by atoms with van der Waals surface area (Å²) in [5, 5.41) is 0. The second kappa shape index (κ2) is 8.60. The molecule has 1 atom stereocenters. The molecule has 1 aliphatic rings. The van der Waals surface area contributed by atoms with Crippen LogP contribution >= 0.6 is 7.60 Å². The molecule has 0 saturated carbocycles. The first-order valence-corrected chi connectivity index (χ1v) is 9.37. The minimum absolute atomic E-state index is 0.177. The largest absolute Gasteiger partial charge is 0.465 e. The Bertz CT molecular complexity index is 542. The van der Waals surface area contributed by atoms with Crippen LogP contribution in [0.15, 0.2) is 24.3 Å². The zero-order valence-electron chi connectivity index (χ0n) is 13.5. The molecular formula is C16H23O6P. The van der Waals surface area contributed by atoms with E-state index in [1.807, 2.05) is 24.3 Å². The van der Waals surface area contributed by atoms with Gasteiger partial charge in [-0.3, -0.25) is 9.36 Å². The van der Waals surface area contributed by atoms with Crippen molar-refractivity contribution in [1.29, 1.82) is 0 Å². The van der Waals surface area contributed by atoms with Gasteiger partial charge >= 0.3 is 7.60 Å². The average molecular weight is 342 g/mol. The predicted molar refractivity (Wildman–Crippen MR) is 85.9 cm³/mol. The first-order valence-electron chi connectivity index (χ1n) is 7.64. The fraction of sp³-hybridized carbons (Fsp3) is 0.562. The molecule has 0 N–H and O–H groups in total. The number of rotatable bonds is 8. The number of Topliss-reactive ketones (excluding diaryl/α,β-unsaturated/α-hetero) is 1. The molecule has 1 unspecified atom stereocenters. The summed E-state index contributed by atoms with van der Waals surface area (Å²) in [6.45, 7) is 0.732. The van der Waals surface area contributed by atoms with Crippen LogP contribution < -0.4 is 4.74 Å². The molecule has 23 heavy (non-hydrogen) atoms. The number of ketones is 1. The van der Waals surface area contributed by atoms with Crippen LogP contribution in [-0.2, 0) is 29.6 Å². The van der Waals surface area contributed by atoms with Crippen molar-refractivity contribution in [3.05, 3.63) is 29.8 Å². The lowest BCUT2D eigenvalue weighted by Crippen LogP contribution is -2.24. The van der Waals surface area contributed by atoms with E-state index in [0.29, 0.717) is 5.75 Å². The topological polar surface area (TPSA) is 71.1 Å². The van der Waals surface area contributed by atoms with Crippen molar-refractivity contribution in [3.63, 3.8) is 0 Å². The van der Waals surface area contributed by atoms with Gasteiger partial charge in [0.15, 0.2) is 6.29 Å². The molecular weight excluding hydrogens is 319 g/mol. The lowest BCUT2D eigenvalue weighted by atomic mass is 10.1. The van der Waals surface area contributed by atoms with Gasteiger partial charge in [0.25, 0.3) is 0 Å². The van der Waals surface area contributed by atoms with E-state index in [4.69, 9.17) is 18.5 Å². The summed E-state index contributed by atoms with van der Waals surface area (Å²) in [6.07, 6.45) is 2.84. The Hall–Kier alpha value is -1.20. The minimum Gasteiger partial charge on any atom is -0.465 e. The van der Waals surface area contributed by atoms with Crippen molar-refractivity contribution in [2.75, 3.05) is 27.0 Å². The van der Waals surface area contributed by atoms with Crippen LogP contribution in [0.1, 0.15) is 24.8 Å². The highest BCUT2D eigenvalue weighted by Crippen LogP contribution is 2.46. The Morgan fingerprint density at radius 3 is 2.48 bits per heavy atom. The molecule has 0 aromatic heterocycles. The summed E-state index contributed by atoms with van der Waals surface area (Å²) in [5.41, 5.74) is 0.825. The van der Waals surface area contributed by atoms with E-state index in [2.05, 4.69) is 0 Å². The van der Waals surface area contributed by atoms with Crippen molar-refractivity contribution in [2.24, 2.45) is 0 Å². The van der Waals surface area contributed by atoms with Crippen LogP contribution in [0.4, 0.5) is 0 Å². The van der Waals surface area contributed by atoms with Crippen LogP contribution in [0.2, 0.25) is 0 Å². The van der Waals surface area contributed by atoms with Gasteiger partial charge in [-0.15, -0.1) is 0 Å². The smallest absolute Gasteiger partial charge is 0.337 e. The van der Waals surface area contributed by atoms with E-state index in [1.54, 1.807) is 0 Å². The molecule has 0 amide bonds. The maximum Gasteiger partial charge on any atom is 0.337 e. The molecule has 6 nitrogen and oxygen atoms in total. The monoisotopic (exact) mass is 342 g/mol. The molecule has 0 spiro atoms. The molecule has 1 fully saturated rings. The number of carbonyl (C=O) groups excluding carboxylic acids is 1. The van der Waals surface area contributed by atoms with Crippen molar-refractivity contribution >= 4 is 13.4 Å². The number of carbonyl (C=O) groups is 1. The zero-order valence-corrected chi connectivity index (χ0v) is 14.4. The lowest BCUT2D eigenvalue weighted by molar-refractivity contribution is -0.116. The van der Waals surface area contributed by atoms with Crippen molar-refractivity contribution in [1.82, 2.24) is 0 Å². The SMILES string of the molecule is COP(=O)(CC(=O)Cc1ccc(OC2CCCCO2)cc1)OC. The third-order valence-electron chi connectivity index (χ3n) is 3.66. The second-order valence-electron chi connectivity index (χ2n) is 5.41. The molecule has 1 heterocycles. The predicted octanol–water partition coefficient (Wildman–Crippen LogP) is 3.19. The van der Waals surface area contributed by atoms with Crippen molar-refractivity contribution in [3.8, 4) is 5.75 Å². The molecule has 0 aliphatic carbocycles. The molecule has 1 aromatic rings. The van der Waals surface area contributed by atoms with E-state index < -0.39 is 7.60 Å². The number of benzene rings is 1. The van der Waals surface area contributed by atoms with Gasteiger partial charge in [-0.2, -0.15) is 0 Å². The van der Waals surface area contributed by atoms with Crippen LogP contribution in [-0.4, -0.2) is 39.1 Å². The van der Waals surface area contributed by atoms with Crippen molar-refractivity contribution in [2.45, 2.75) is 32.0 Å². The molecule has 0 radical (unpaired) electrons. The molecule has 1 aliphatic heterocycles. The summed E-state index contributed by atoms with van der Waals surface area (Å²) >= 11 is 0. The highest BCUT2D eigenvalue weighted by atomic mass is 31.2. The third-order valence-corrected chi connectivity index (χ3v) is 5.51. The molecule has 128 valence electrons. The average Bonchev–Trinajstić information content (AvgIpc) is 2.57. The summed E-state index contributed by atoms with van der Waals surface area (Å²) in [4.78, 5) is 12.0. The van der Waals surface area contributed by atoms with Gasteiger partial charge < -0.3 is 18.5 Å². The maximum atomic E-state index is 12.0. The summed E-state index contributed by atoms with van der Waals surface area (Å²) in [6, 6.07) is 7.26. The molecule has 1 aromatic carbocycles. The van der Waals surface area contributed by atoms with Crippen LogP contribution in [0.3, 0.4) is 0 Å². The first kappa shape index (κ1) is 18.1. The van der Waals surface area contributed by atoms with Gasteiger partial charge in [0.1, 0.15) is 17.7 Å². The first-order chi connectivity index (χ1) is 11.0. The fourth-order valence-electron chi connectivity index (χ4n) is 2.34. The normalized spacial score (nSPS) is 18.6. The molecule has 0 bridgehead atoms. The summed E-state index contributed by atoms with van der Waals surface area (Å²) < 4.78 is 32.7. The highest BCUT2D eigenvalue weighted by Gasteiger charge is 2.25. The second-order valence-corrected chi connectivity index (χ2v) is 7.68. The lowest BCUT2D eigenvalue weighted by Gasteiger charge is -2.23. The van der Waals surface area contributed by atoms with Gasteiger partial charge in [-0.1, -0.05) is 12.1 Å². The maximum absolute atomic E-state index is 12.0.